The Bertz CT molecular complexity index is 1330. The second-order valence-electron chi connectivity index (χ2n) is 15.0. The molecule has 0 aliphatic carbocycles. The zero-order chi connectivity index (χ0) is 37.6. The van der Waals surface area contributed by atoms with Crippen LogP contribution in [0.2, 0.25) is 0 Å². The van der Waals surface area contributed by atoms with Crippen molar-refractivity contribution in [1.82, 2.24) is 9.80 Å². The SMILES string of the molecule is CCCCCN(C[C@H](O)C(CC(C)C)N(C(=O)OC(C)(C)C)[C@H](C)CC1=C[N+](C(N)=O)(C(=O)[C@@H](N)Cc2ccccc2)C=N1)C(=O)CCCC. The van der Waals surface area contributed by atoms with Crippen LogP contribution in [0, 0.1) is 5.92 Å². The highest BCUT2D eigenvalue weighted by Crippen LogP contribution is 2.29. The Morgan fingerprint density at radius 1 is 0.980 bits per heavy atom. The highest BCUT2D eigenvalue weighted by Gasteiger charge is 2.48. The van der Waals surface area contributed by atoms with Gasteiger partial charge in [0.2, 0.25) is 12.2 Å². The van der Waals surface area contributed by atoms with E-state index in [0.717, 1.165) is 37.7 Å². The molecule has 0 fully saturated rings. The molecule has 0 bridgehead atoms. The third-order valence-corrected chi connectivity index (χ3v) is 8.74. The van der Waals surface area contributed by atoms with Crippen LogP contribution in [-0.2, 0) is 20.7 Å². The average Bonchev–Trinajstić information content (AvgIpc) is 3.46. The fraction of sp³-hybridized carbons (Fsp3) is 0.658. The summed E-state index contributed by atoms with van der Waals surface area (Å²) in [7, 11) is 0. The Labute approximate surface area is 299 Å². The number of hydrogen-bond acceptors (Lipinski definition) is 8. The number of aliphatic hydroxyl groups excluding tert-OH is 1. The Hall–Kier alpha value is -3.61. The highest BCUT2D eigenvalue weighted by atomic mass is 16.6. The van der Waals surface area contributed by atoms with Crippen molar-refractivity contribution in [3.05, 3.63) is 47.8 Å². The molecule has 1 aromatic carbocycles. The van der Waals surface area contributed by atoms with E-state index in [1.807, 2.05) is 58.0 Å². The number of aliphatic hydroxyl groups is 1. The second-order valence-corrected chi connectivity index (χ2v) is 15.0. The second kappa shape index (κ2) is 19.7. The summed E-state index contributed by atoms with van der Waals surface area (Å²) in [5.41, 5.74) is 12.5. The van der Waals surface area contributed by atoms with E-state index in [9.17, 15) is 24.3 Å². The van der Waals surface area contributed by atoms with Crippen molar-refractivity contribution in [3.8, 4) is 0 Å². The lowest BCUT2D eigenvalue weighted by Crippen LogP contribution is -2.59. The summed E-state index contributed by atoms with van der Waals surface area (Å²) in [4.78, 5) is 61.4. The predicted molar refractivity (Wildman–Crippen MR) is 197 cm³/mol. The Kier molecular flexibility index (Phi) is 16.8. The fourth-order valence-corrected chi connectivity index (χ4v) is 6.15. The molecule has 1 aliphatic rings. The number of ether oxygens (including phenoxy) is 1. The average molecular weight is 700 g/mol. The summed E-state index contributed by atoms with van der Waals surface area (Å²) < 4.78 is 4.90. The van der Waals surface area contributed by atoms with Crippen LogP contribution >= 0.6 is 0 Å². The number of unbranched alkanes of at least 4 members (excludes halogenated alkanes) is 3. The van der Waals surface area contributed by atoms with Crippen LogP contribution < -0.4 is 11.5 Å². The van der Waals surface area contributed by atoms with Crippen molar-refractivity contribution in [3.63, 3.8) is 0 Å². The van der Waals surface area contributed by atoms with Gasteiger partial charge in [-0.3, -0.25) is 9.69 Å². The van der Waals surface area contributed by atoms with Gasteiger partial charge in [-0.2, -0.15) is 0 Å². The Balaban J connectivity index is 2.46. The van der Waals surface area contributed by atoms with E-state index < -0.39 is 52.3 Å². The van der Waals surface area contributed by atoms with Gasteiger partial charge in [-0.25, -0.2) is 19.4 Å². The zero-order valence-electron chi connectivity index (χ0n) is 31.6. The zero-order valence-corrected chi connectivity index (χ0v) is 31.6. The van der Waals surface area contributed by atoms with Crippen LogP contribution in [0.5, 0.6) is 0 Å². The molecule has 0 radical (unpaired) electrons. The molecule has 1 heterocycles. The Morgan fingerprint density at radius 3 is 2.18 bits per heavy atom. The van der Waals surface area contributed by atoms with Gasteiger partial charge in [-0.05, 0) is 58.4 Å². The first kappa shape index (κ1) is 42.6. The number of carbonyl (C=O) groups is 4. The maximum Gasteiger partial charge on any atom is 0.432 e. The van der Waals surface area contributed by atoms with Gasteiger partial charge in [-0.1, -0.05) is 77.3 Å². The number of amides is 5. The molecule has 5 N–H and O–H groups in total. The molecule has 280 valence electrons. The Morgan fingerprint density at radius 2 is 1.62 bits per heavy atom. The van der Waals surface area contributed by atoms with Crippen LogP contribution in [0.25, 0.3) is 0 Å². The van der Waals surface area contributed by atoms with Gasteiger partial charge in [0.15, 0.2) is 0 Å². The molecular weight excluding hydrogens is 636 g/mol. The molecule has 2 unspecified atom stereocenters. The van der Waals surface area contributed by atoms with Crippen LogP contribution in [0.4, 0.5) is 9.59 Å². The molecule has 0 aromatic heterocycles. The molecule has 50 heavy (non-hydrogen) atoms. The summed E-state index contributed by atoms with van der Waals surface area (Å²) in [5, 5.41) is 11.9. The molecule has 12 heteroatoms. The number of benzene rings is 1. The molecule has 5 amide bonds. The van der Waals surface area contributed by atoms with E-state index in [0.29, 0.717) is 25.1 Å². The molecular formula is C38H63N6O6+. The molecule has 0 saturated carbocycles. The van der Waals surface area contributed by atoms with E-state index in [4.69, 9.17) is 16.2 Å². The normalized spacial score (nSPS) is 18.3. The first-order valence-electron chi connectivity index (χ1n) is 18.2. The number of primary amides is 1. The van der Waals surface area contributed by atoms with Crippen molar-refractivity contribution in [1.29, 1.82) is 0 Å². The number of quaternary nitrogens is 1. The van der Waals surface area contributed by atoms with Crippen LogP contribution in [0.1, 0.15) is 112 Å². The van der Waals surface area contributed by atoms with Gasteiger partial charge >= 0.3 is 18.0 Å². The molecule has 0 saturated heterocycles. The molecule has 1 aromatic rings. The number of rotatable bonds is 19. The van der Waals surface area contributed by atoms with Gasteiger partial charge < -0.3 is 26.2 Å². The molecule has 12 nitrogen and oxygen atoms in total. The summed E-state index contributed by atoms with van der Waals surface area (Å²) in [6, 6.07) is 5.95. The van der Waals surface area contributed by atoms with Crippen molar-refractivity contribution >= 4 is 30.3 Å². The van der Waals surface area contributed by atoms with E-state index in [-0.39, 0.29) is 31.2 Å². The predicted octanol–water partition coefficient (Wildman–Crippen LogP) is 5.86. The molecule has 2 rings (SSSR count). The number of imide groups is 1. The van der Waals surface area contributed by atoms with Gasteiger partial charge in [0.05, 0.1) is 12.1 Å². The van der Waals surface area contributed by atoms with Gasteiger partial charge in [0.25, 0.3) is 0 Å². The molecule has 0 spiro atoms. The van der Waals surface area contributed by atoms with E-state index >= 15 is 0 Å². The lowest BCUT2D eigenvalue weighted by atomic mass is 9.95. The van der Waals surface area contributed by atoms with Crippen molar-refractivity contribution in [2.75, 3.05) is 13.1 Å². The van der Waals surface area contributed by atoms with Crippen molar-refractivity contribution < 1.29 is 33.5 Å². The lowest BCUT2D eigenvalue weighted by molar-refractivity contribution is -0.606. The first-order chi connectivity index (χ1) is 23.4. The van der Waals surface area contributed by atoms with Crippen molar-refractivity contribution in [2.45, 2.75) is 143 Å². The van der Waals surface area contributed by atoms with Crippen LogP contribution in [0.3, 0.4) is 0 Å². The quantitative estimate of drug-likeness (QED) is 0.120. The monoisotopic (exact) mass is 699 g/mol. The smallest absolute Gasteiger partial charge is 0.432 e. The maximum absolute atomic E-state index is 14.0. The number of nitrogens with two attached hydrogens (primary N) is 2. The van der Waals surface area contributed by atoms with Gasteiger partial charge in [0.1, 0.15) is 23.5 Å². The topological polar surface area (TPSA) is 169 Å². The minimum absolute atomic E-state index is 0.0108. The fourth-order valence-electron chi connectivity index (χ4n) is 6.15. The van der Waals surface area contributed by atoms with Crippen molar-refractivity contribution in [2.24, 2.45) is 22.4 Å². The first-order valence-corrected chi connectivity index (χ1v) is 18.2. The third-order valence-electron chi connectivity index (χ3n) is 8.74. The highest BCUT2D eigenvalue weighted by molar-refractivity contribution is 5.95. The summed E-state index contributed by atoms with van der Waals surface area (Å²) in [6.07, 6.45) is 6.47. The van der Waals surface area contributed by atoms with E-state index in [1.54, 1.807) is 25.7 Å². The summed E-state index contributed by atoms with van der Waals surface area (Å²) in [6.45, 7) is 15.9. The van der Waals surface area contributed by atoms with Gasteiger partial charge in [0, 0.05) is 38.4 Å². The minimum atomic E-state index is -1.07. The van der Waals surface area contributed by atoms with Gasteiger partial charge in [-0.15, -0.1) is 4.48 Å². The standard InChI is InChI=1S/C38H62N6O6/c1-9-11-16-20-42(34(46)19-12-10-2)24-33(45)32(21-27(3)4)43(37(49)50-38(6,7)8)28(5)22-30-25-44(26-41-30,36(40)48)35(47)31(39)23-29-17-14-13-15-18-29/h13-15,17-18,25-28,31-33,45H,9-12,16,19-24,39H2,1-8H3,(H-,40,48)/p+1/t28-,31+,32?,33+,44?/m1/s1. The van der Waals surface area contributed by atoms with Crippen LogP contribution in [-0.4, -0.2) is 92.6 Å². The maximum atomic E-state index is 14.0. The summed E-state index contributed by atoms with van der Waals surface area (Å²) in [5.74, 6) is -0.549. The molecule has 1 aliphatic heterocycles. The number of hydrogen-bond donors (Lipinski definition) is 3. The third kappa shape index (κ3) is 12.6. The lowest BCUT2D eigenvalue weighted by Gasteiger charge is -2.41. The number of urea groups is 1. The number of aliphatic imine (C=N–C) groups is 1. The summed E-state index contributed by atoms with van der Waals surface area (Å²) >= 11 is 0. The number of carbonyl (C=O) groups excluding carboxylic acids is 4. The van der Waals surface area contributed by atoms with E-state index in [2.05, 4.69) is 11.9 Å². The van der Waals surface area contributed by atoms with Crippen LogP contribution in [0.15, 0.2) is 47.2 Å². The largest absolute Gasteiger partial charge is 0.444 e. The molecule has 5 atom stereocenters. The minimum Gasteiger partial charge on any atom is -0.444 e. The number of nitrogens with zero attached hydrogens (tertiary/aromatic N) is 4. The van der Waals surface area contributed by atoms with E-state index in [1.165, 1.54) is 17.4 Å².